The molecule has 26 heavy (non-hydrogen) atoms. The molecule has 1 aliphatic rings. The van der Waals surface area contributed by atoms with Crippen molar-refractivity contribution in [2.45, 2.75) is 18.9 Å². The summed E-state index contributed by atoms with van der Waals surface area (Å²) in [5, 5.41) is 0. The van der Waals surface area contributed by atoms with Crippen LogP contribution in [0.25, 0.3) is 11.5 Å². The predicted molar refractivity (Wildman–Crippen MR) is 96.8 cm³/mol. The van der Waals surface area contributed by atoms with E-state index in [1.54, 1.807) is 48.0 Å². The van der Waals surface area contributed by atoms with Crippen LogP contribution in [0.3, 0.4) is 0 Å². The molecule has 0 saturated carbocycles. The molecule has 1 saturated heterocycles. The molecule has 1 aliphatic heterocycles. The highest BCUT2D eigenvalue weighted by atomic mass is 16.5. The van der Waals surface area contributed by atoms with Crippen LogP contribution in [-0.2, 0) is 4.74 Å². The number of rotatable bonds is 5. The van der Waals surface area contributed by atoms with Gasteiger partial charge in [-0.1, -0.05) is 0 Å². The highest BCUT2D eigenvalue weighted by molar-refractivity contribution is 6.06. The summed E-state index contributed by atoms with van der Waals surface area (Å²) >= 11 is 0. The zero-order valence-corrected chi connectivity index (χ0v) is 14.2. The van der Waals surface area contributed by atoms with Crippen molar-refractivity contribution in [3.8, 4) is 11.5 Å². The van der Waals surface area contributed by atoms with Crippen molar-refractivity contribution < 1.29 is 13.9 Å². The van der Waals surface area contributed by atoms with Crippen molar-refractivity contribution in [1.82, 2.24) is 9.97 Å². The molecule has 6 nitrogen and oxygen atoms in total. The van der Waals surface area contributed by atoms with Gasteiger partial charge in [0.2, 0.25) is 0 Å². The molecular weight excluding hydrogens is 330 g/mol. The lowest BCUT2D eigenvalue weighted by molar-refractivity contribution is 0.0917. The zero-order valence-electron chi connectivity index (χ0n) is 14.2. The Morgan fingerprint density at radius 2 is 2.08 bits per heavy atom. The van der Waals surface area contributed by atoms with Crippen LogP contribution >= 0.6 is 0 Å². The molecule has 0 bridgehead atoms. The Morgan fingerprint density at radius 3 is 2.81 bits per heavy atom. The smallest absolute Gasteiger partial charge is 0.258 e. The van der Waals surface area contributed by atoms with Crippen LogP contribution in [0.1, 0.15) is 23.2 Å². The van der Waals surface area contributed by atoms with E-state index < -0.39 is 0 Å². The molecule has 1 unspecified atom stereocenters. The van der Waals surface area contributed by atoms with E-state index in [-0.39, 0.29) is 12.0 Å². The number of furan rings is 1. The molecule has 1 atom stereocenters. The number of anilines is 1. The summed E-state index contributed by atoms with van der Waals surface area (Å²) in [7, 11) is 0. The van der Waals surface area contributed by atoms with Gasteiger partial charge in [-0.05, 0) is 49.2 Å². The first kappa shape index (κ1) is 16.5. The fraction of sp³-hybridized carbons (Fsp3) is 0.250. The monoisotopic (exact) mass is 349 g/mol. The second kappa shape index (κ2) is 7.49. The number of aromatic nitrogens is 2. The van der Waals surface area contributed by atoms with E-state index in [0.717, 1.165) is 25.1 Å². The molecule has 0 N–H and O–H groups in total. The standard InChI is InChI=1S/C20H19N3O3/c24-20(15-5-10-22-18(13-15)19-4-2-12-26-19)23(14-17-3-1-11-25-17)16-6-8-21-9-7-16/h2,4-10,12-13,17H,1,3,11,14H2. The number of amides is 1. The Morgan fingerprint density at radius 1 is 1.19 bits per heavy atom. The van der Waals surface area contributed by atoms with Crippen LogP contribution in [0.15, 0.2) is 65.7 Å². The van der Waals surface area contributed by atoms with Gasteiger partial charge >= 0.3 is 0 Å². The van der Waals surface area contributed by atoms with Crippen molar-refractivity contribution >= 4 is 11.6 Å². The van der Waals surface area contributed by atoms with Gasteiger partial charge in [0.15, 0.2) is 5.76 Å². The first-order valence-corrected chi connectivity index (χ1v) is 8.65. The lowest BCUT2D eigenvalue weighted by Gasteiger charge is -2.25. The second-order valence-corrected chi connectivity index (χ2v) is 6.16. The van der Waals surface area contributed by atoms with Crippen LogP contribution in [0, 0.1) is 0 Å². The number of carbonyl (C=O) groups excluding carboxylic acids is 1. The third-order valence-corrected chi connectivity index (χ3v) is 4.41. The molecule has 0 radical (unpaired) electrons. The lowest BCUT2D eigenvalue weighted by atomic mass is 10.1. The van der Waals surface area contributed by atoms with Crippen LogP contribution in [0.2, 0.25) is 0 Å². The van der Waals surface area contributed by atoms with Gasteiger partial charge in [0.25, 0.3) is 5.91 Å². The summed E-state index contributed by atoms with van der Waals surface area (Å²) in [5.41, 5.74) is 1.99. The minimum absolute atomic E-state index is 0.0542. The van der Waals surface area contributed by atoms with Gasteiger partial charge in [0, 0.05) is 36.4 Å². The molecule has 4 rings (SSSR count). The van der Waals surface area contributed by atoms with E-state index in [4.69, 9.17) is 9.15 Å². The van der Waals surface area contributed by atoms with E-state index in [2.05, 4.69) is 9.97 Å². The van der Waals surface area contributed by atoms with E-state index in [9.17, 15) is 4.79 Å². The average molecular weight is 349 g/mol. The Hall–Kier alpha value is -2.99. The summed E-state index contributed by atoms with van der Waals surface area (Å²) in [6.45, 7) is 1.27. The molecule has 0 spiro atoms. The van der Waals surface area contributed by atoms with E-state index in [1.807, 2.05) is 18.2 Å². The second-order valence-electron chi connectivity index (χ2n) is 6.16. The maximum Gasteiger partial charge on any atom is 0.258 e. The fourth-order valence-electron chi connectivity index (χ4n) is 3.10. The average Bonchev–Trinajstić information content (AvgIpc) is 3.40. The summed E-state index contributed by atoms with van der Waals surface area (Å²) < 4.78 is 11.1. The first-order valence-electron chi connectivity index (χ1n) is 8.65. The molecule has 1 amide bonds. The van der Waals surface area contributed by atoms with Crippen molar-refractivity contribution in [3.63, 3.8) is 0 Å². The molecular formula is C20H19N3O3. The number of hydrogen-bond donors (Lipinski definition) is 0. The Bertz CT molecular complexity index is 859. The summed E-state index contributed by atoms with van der Waals surface area (Å²) in [6.07, 6.45) is 8.63. The predicted octanol–water partition coefficient (Wildman–Crippen LogP) is 3.56. The summed E-state index contributed by atoms with van der Waals surface area (Å²) in [4.78, 5) is 23.3. The maximum absolute atomic E-state index is 13.2. The van der Waals surface area contributed by atoms with Crippen LogP contribution in [-0.4, -0.2) is 35.1 Å². The third kappa shape index (κ3) is 3.50. The summed E-state index contributed by atoms with van der Waals surface area (Å²) in [5.74, 6) is 0.538. The van der Waals surface area contributed by atoms with Crippen LogP contribution in [0.5, 0.6) is 0 Å². The van der Waals surface area contributed by atoms with Gasteiger partial charge in [-0.2, -0.15) is 0 Å². The number of hydrogen-bond acceptors (Lipinski definition) is 5. The molecule has 132 valence electrons. The Balaban J connectivity index is 1.64. The molecule has 1 fully saturated rings. The van der Waals surface area contributed by atoms with Gasteiger partial charge in [-0.25, -0.2) is 0 Å². The largest absolute Gasteiger partial charge is 0.463 e. The van der Waals surface area contributed by atoms with Gasteiger partial charge < -0.3 is 14.1 Å². The molecule has 3 aromatic rings. The molecule has 0 aliphatic carbocycles. The highest BCUT2D eigenvalue weighted by Gasteiger charge is 2.25. The maximum atomic E-state index is 13.2. The quantitative estimate of drug-likeness (QED) is 0.704. The van der Waals surface area contributed by atoms with Gasteiger partial charge in [-0.15, -0.1) is 0 Å². The Labute approximate surface area is 151 Å². The topological polar surface area (TPSA) is 68.5 Å². The van der Waals surface area contributed by atoms with Crippen molar-refractivity contribution in [3.05, 3.63) is 66.8 Å². The number of pyridine rings is 2. The van der Waals surface area contributed by atoms with Crippen molar-refractivity contribution in [1.29, 1.82) is 0 Å². The molecule has 4 heterocycles. The number of carbonyl (C=O) groups is 1. The van der Waals surface area contributed by atoms with Gasteiger partial charge in [0.05, 0.1) is 18.9 Å². The van der Waals surface area contributed by atoms with Crippen LogP contribution in [0.4, 0.5) is 5.69 Å². The molecule has 0 aromatic carbocycles. The molecule has 6 heteroatoms. The van der Waals surface area contributed by atoms with Gasteiger partial charge in [-0.3, -0.25) is 14.8 Å². The first-order chi connectivity index (χ1) is 12.8. The number of ether oxygens (including phenoxy) is 1. The fourth-order valence-corrected chi connectivity index (χ4v) is 3.10. The minimum Gasteiger partial charge on any atom is -0.463 e. The molecule has 3 aromatic heterocycles. The van der Waals surface area contributed by atoms with Gasteiger partial charge in [0.1, 0.15) is 5.69 Å². The van der Waals surface area contributed by atoms with E-state index in [0.29, 0.717) is 23.6 Å². The van der Waals surface area contributed by atoms with Crippen molar-refractivity contribution in [2.75, 3.05) is 18.1 Å². The zero-order chi connectivity index (χ0) is 17.8. The normalized spacial score (nSPS) is 16.5. The van der Waals surface area contributed by atoms with E-state index >= 15 is 0 Å². The lowest BCUT2D eigenvalue weighted by Crippen LogP contribution is -2.37. The SMILES string of the molecule is O=C(c1ccnc(-c2ccco2)c1)N(CC1CCCO1)c1ccncc1. The van der Waals surface area contributed by atoms with Crippen LogP contribution < -0.4 is 4.90 Å². The number of nitrogens with zero attached hydrogens (tertiary/aromatic N) is 3. The van der Waals surface area contributed by atoms with E-state index in [1.165, 1.54) is 0 Å². The highest BCUT2D eigenvalue weighted by Crippen LogP contribution is 2.23. The minimum atomic E-state index is -0.0955. The summed E-state index contributed by atoms with van der Waals surface area (Å²) in [6, 6.07) is 10.8. The Kier molecular flexibility index (Phi) is 4.75. The van der Waals surface area contributed by atoms with Crippen molar-refractivity contribution in [2.24, 2.45) is 0 Å². The third-order valence-electron chi connectivity index (χ3n) is 4.41.